The molecule has 0 aromatic heterocycles. The molecule has 2 atom stereocenters. The van der Waals surface area contributed by atoms with Gasteiger partial charge in [-0.15, -0.1) is 0 Å². The molecule has 80 heavy (non-hydrogen) atoms. The summed E-state index contributed by atoms with van der Waals surface area (Å²) in [6.07, 6.45) is 79.9. The maximum Gasteiger partial charge on any atom is 0.361 e. The third kappa shape index (κ3) is 62.1. The van der Waals surface area contributed by atoms with Crippen LogP contribution in [0.5, 0.6) is 0 Å². The van der Waals surface area contributed by atoms with Crippen molar-refractivity contribution in [2.45, 2.75) is 302 Å². The fourth-order valence-corrected chi connectivity index (χ4v) is 9.31. The lowest BCUT2D eigenvalue weighted by Gasteiger charge is -2.25. The zero-order valence-electron chi connectivity index (χ0n) is 52.7. The molecule has 2 unspecified atom stereocenters. The SMILES string of the molecule is CC/C=C\C/C=C\C/C=C\C/C=C\C/C=C\C/C=C\CCCCCCCCCCCCCCCCCCCCCCCCC(=O)OC(COC(=O)CCCCCCC/C=C\CCCCCCC)COC(OCC[N+](C)(C)C)C(=O)O. The van der Waals surface area contributed by atoms with Crippen LogP contribution in [-0.2, 0) is 33.3 Å². The third-order valence-electron chi connectivity index (χ3n) is 14.4. The van der Waals surface area contributed by atoms with Gasteiger partial charge in [0.15, 0.2) is 6.10 Å². The molecule has 1 N–H and O–H groups in total. The van der Waals surface area contributed by atoms with Crippen LogP contribution in [0.25, 0.3) is 0 Å². The number of esters is 2. The number of unbranched alkanes of at least 4 members (excludes halogenated alkanes) is 32. The van der Waals surface area contributed by atoms with Gasteiger partial charge in [0.2, 0.25) is 0 Å². The minimum Gasteiger partial charge on any atom is -0.477 e. The molecule has 0 aromatic carbocycles. The van der Waals surface area contributed by atoms with Crippen LogP contribution < -0.4 is 0 Å². The van der Waals surface area contributed by atoms with E-state index in [1.54, 1.807) is 0 Å². The van der Waals surface area contributed by atoms with Gasteiger partial charge >= 0.3 is 17.9 Å². The molecule has 0 bridgehead atoms. The van der Waals surface area contributed by atoms with Crippen molar-refractivity contribution in [3.05, 3.63) is 85.1 Å². The van der Waals surface area contributed by atoms with Crippen LogP contribution in [0.3, 0.4) is 0 Å². The Morgan fingerprint density at radius 1 is 0.388 bits per heavy atom. The summed E-state index contributed by atoms with van der Waals surface area (Å²) in [5, 5.41) is 9.71. The Morgan fingerprint density at radius 2 is 0.713 bits per heavy atom. The van der Waals surface area contributed by atoms with Crippen LogP contribution >= 0.6 is 0 Å². The predicted octanol–water partition coefficient (Wildman–Crippen LogP) is 20.3. The van der Waals surface area contributed by atoms with E-state index in [0.29, 0.717) is 17.4 Å². The van der Waals surface area contributed by atoms with Crippen LogP contribution in [0, 0.1) is 0 Å². The first-order valence-electron chi connectivity index (χ1n) is 33.3. The number of carbonyl (C=O) groups excluding carboxylic acids is 2. The average molecular weight is 1120 g/mol. The summed E-state index contributed by atoms with van der Waals surface area (Å²) in [7, 11) is 5.97. The Hall–Kier alpha value is -3.53. The van der Waals surface area contributed by atoms with Crippen LogP contribution in [0.2, 0.25) is 0 Å². The van der Waals surface area contributed by atoms with E-state index in [1.165, 1.54) is 167 Å². The van der Waals surface area contributed by atoms with E-state index in [-0.39, 0.29) is 32.2 Å². The zero-order valence-corrected chi connectivity index (χ0v) is 52.7. The molecule has 0 aliphatic carbocycles. The van der Waals surface area contributed by atoms with Gasteiger partial charge in [-0.05, 0) is 89.9 Å². The van der Waals surface area contributed by atoms with Crippen molar-refractivity contribution < 1.29 is 42.9 Å². The molecule has 0 radical (unpaired) electrons. The number of nitrogens with zero attached hydrogens (tertiary/aromatic N) is 1. The molecule has 0 amide bonds. The van der Waals surface area contributed by atoms with Gasteiger partial charge in [-0.3, -0.25) is 9.59 Å². The number of likely N-dealkylation sites (N-methyl/N-ethyl adjacent to an activating group) is 1. The first-order chi connectivity index (χ1) is 39.1. The van der Waals surface area contributed by atoms with Crippen molar-refractivity contribution in [3.63, 3.8) is 0 Å². The summed E-state index contributed by atoms with van der Waals surface area (Å²) in [4.78, 5) is 37.4. The third-order valence-corrected chi connectivity index (χ3v) is 14.4. The highest BCUT2D eigenvalue weighted by atomic mass is 16.7. The first-order valence-corrected chi connectivity index (χ1v) is 33.3. The summed E-state index contributed by atoms with van der Waals surface area (Å²) in [6, 6.07) is 0. The molecule has 0 heterocycles. The standard InChI is InChI=1S/C71H125NO8/c1-6-8-10-12-14-16-18-20-22-23-24-25-26-27-28-29-30-31-32-33-34-35-36-37-38-39-40-41-42-43-44-45-46-47-48-50-52-54-56-58-60-62-69(74)80-67(66-79-71(70(75)76)77-64-63-72(3,4)5)65-78-68(73)61-59-57-55-53-51-49-21-19-17-15-13-11-9-7-2/h8,10,14,16,19-22,24-25,27-28,30-31,67,71H,6-7,9,11-13,15,17-18,23,26,29,32-66H2,1-5H3/p+1/b10-8-,16-14-,21-19-,22-20-,25-24-,28-27-,31-30-. The molecule has 0 saturated carbocycles. The molecule has 0 fully saturated rings. The Morgan fingerprint density at radius 3 is 1.07 bits per heavy atom. The van der Waals surface area contributed by atoms with E-state index < -0.39 is 24.3 Å². The van der Waals surface area contributed by atoms with E-state index in [0.717, 1.165) is 96.3 Å². The molecular weight excluding hydrogens is 995 g/mol. The smallest absolute Gasteiger partial charge is 0.361 e. The second-order valence-corrected chi connectivity index (χ2v) is 23.4. The second kappa shape index (κ2) is 61.5. The Balaban J connectivity index is 3.96. The number of hydrogen-bond acceptors (Lipinski definition) is 7. The maximum absolute atomic E-state index is 12.9. The fraction of sp³-hybridized carbons (Fsp3) is 0.761. The summed E-state index contributed by atoms with van der Waals surface area (Å²) in [6.45, 7) is 4.76. The lowest BCUT2D eigenvalue weighted by molar-refractivity contribution is -0.870. The lowest BCUT2D eigenvalue weighted by atomic mass is 10.0. The van der Waals surface area contributed by atoms with E-state index >= 15 is 0 Å². The van der Waals surface area contributed by atoms with Crippen LogP contribution in [0.15, 0.2) is 85.1 Å². The molecule has 462 valence electrons. The van der Waals surface area contributed by atoms with Crippen molar-refractivity contribution in [1.29, 1.82) is 0 Å². The number of hydrogen-bond donors (Lipinski definition) is 1. The number of aliphatic carboxylic acids is 1. The highest BCUT2D eigenvalue weighted by Crippen LogP contribution is 2.17. The number of allylic oxidation sites excluding steroid dienone is 14. The van der Waals surface area contributed by atoms with E-state index in [1.807, 2.05) is 21.1 Å². The normalized spacial score (nSPS) is 13.3. The Labute approximate surface area is 493 Å². The molecular formula is C71H126NO8+. The molecule has 9 heteroatoms. The monoisotopic (exact) mass is 1120 g/mol. The zero-order chi connectivity index (χ0) is 58.3. The number of quaternary nitrogens is 1. The van der Waals surface area contributed by atoms with Crippen LogP contribution in [0.4, 0.5) is 0 Å². The largest absolute Gasteiger partial charge is 0.477 e. The first kappa shape index (κ1) is 76.5. The van der Waals surface area contributed by atoms with Crippen molar-refractivity contribution in [1.82, 2.24) is 0 Å². The van der Waals surface area contributed by atoms with Crippen molar-refractivity contribution in [2.24, 2.45) is 0 Å². The van der Waals surface area contributed by atoms with E-state index in [2.05, 4.69) is 98.9 Å². The number of carboxylic acids is 1. The molecule has 9 nitrogen and oxygen atoms in total. The van der Waals surface area contributed by atoms with E-state index in [9.17, 15) is 19.5 Å². The minimum absolute atomic E-state index is 0.185. The van der Waals surface area contributed by atoms with Gasteiger partial charge in [-0.1, -0.05) is 272 Å². The summed E-state index contributed by atoms with van der Waals surface area (Å²) in [5.41, 5.74) is 0. The van der Waals surface area contributed by atoms with Gasteiger partial charge < -0.3 is 28.5 Å². The number of carbonyl (C=O) groups is 3. The molecule has 0 spiro atoms. The summed E-state index contributed by atoms with van der Waals surface area (Å²) >= 11 is 0. The predicted molar refractivity (Wildman–Crippen MR) is 341 cm³/mol. The fourth-order valence-electron chi connectivity index (χ4n) is 9.31. The van der Waals surface area contributed by atoms with Gasteiger partial charge in [-0.2, -0.15) is 0 Å². The highest BCUT2D eigenvalue weighted by Gasteiger charge is 2.25. The Bertz CT molecular complexity index is 1590. The number of ether oxygens (including phenoxy) is 4. The molecule has 0 aromatic rings. The average Bonchev–Trinajstić information content (AvgIpc) is 3.43. The lowest BCUT2D eigenvalue weighted by Crippen LogP contribution is -2.40. The molecule has 0 rings (SSSR count). The summed E-state index contributed by atoms with van der Waals surface area (Å²) in [5.74, 6) is -2.00. The van der Waals surface area contributed by atoms with Crippen molar-refractivity contribution in [3.8, 4) is 0 Å². The van der Waals surface area contributed by atoms with Gasteiger partial charge in [0, 0.05) is 12.8 Å². The van der Waals surface area contributed by atoms with Crippen LogP contribution in [0.1, 0.15) is 290 Å². The van der Waals surface area contributed by atoms with Gasteiger partial charge in [0.05, 0.1) is 34.4 Å². The van der Waals surface area contributed by atoms with Gasteiger partial charge in [0.25, 0.3) is 6.29 Å². The highest BCUT2D eigenvalue weighted by molar-refractivity contribution is 5.71. The van der Waals surface area contributed by atoms with E-state index in [4.69, 9.17) is 18.9 Å². The maximum atomic E-state index is 12.9. The molecule has 0 aliphatic rings. The van der Waals surface area contributed by atoms with Gasteiger partial charge in [-0.25, -0.2) is 4.79 Å². The minimum atomic E-state index is -1.51. The Kier molecular flexibility index (Phi) is 58.8. The molecule has 0 saturated heterocycles. The number of rotatable bonds is 61. The number of carboxylic acid groups (broad SMARTS) is 1. The second-order valence-electron chi connectivity index (χ2n) is 23.4. The van der Waals surface area contributed by atoms with Gasteiger partial charge in [0.1, 0.15) is 13.2 Å². The topological polar surface area (TPSA) is 108 Å². The molecule has 0 aliphatic heterocycles. The summed E-state index contributed by atoms with van der Waals surface area (Å²) < 4.78 is 22.9. The van der Waals surface area contributed by atoms with Crippen molar-refractivity contribution in [2.75, 3.05) is 47.5 Å². The quantitative estimate of drug-likeness (QED) is 0.0211. The van der Waals surface area contributed by atoms with Crippen LogP contribution in [-0.4, -0.2) is 87.4 Å². The van der Waals surface area contributed by atoms with Crippen molar-refractivity contribution >= 4 is 17.9 Å².